The molecule has 3 nitrogen and oxygen atoms in total. The van der Waals surface area contributed by atoms with Gasteiger partial charge in [-0.15, -0.1) is 0 Å². The fourth-order valence-electron chi connectivity index (χ4n) is 0.959. The summed E-state index contributed by atoms with van der Waals surface area (Å²) in [6, 6.07) is 2.88. The van der Waals surface area contributed by atoms with E-state index in [0.717, 1.165) is 5.56 Å². The number of hydrogen-bond acceptors (Lipinski definition) is 2. The fourth-order valence-corrected chi connectivity index (χ4v) is 0.959. The minimum atomic E-state index is -0.513. The van der Waals surface area contributed by atoms with Crippen LogP contribution in [0.3, 0.4) is 0 Å². The zero-order valence-electron chi connectivity index (χ0n) is 9.17. The third-order valence-corrected chi connectivity index (χ3v) is 1.92. The predicted octanol–water partition coefficient (Wildman–Crippen LogP) is 1.88. The van der Waals surface area contributed by atoms with Crippen LogP contribution in [0, 0.1) is 11.4 Å². The number of nitrogens with zero attached hydrogens (tertiary/aromatic N) is 1. The Morgan fingerprint density at radius 2 is 2.13 bits per heavy atom. The molecule has 0 aliphatic rings. The van der Waals surface area contributed by atoms with Gasteiger partial charge in [-0.1, -0.05) is 26.8 Å². The molecule has 0 aromatic carbocycles. The van der Waals surface area contributed by atoms with Gasteiger partial charge in [0.25, 0.3) is 0 Å². The zero-order chi connectivity index (χ0) is 11.5. The Morgan fingerprint density at radius 3 is 2.60 bits per heavy atom. The number of carbonyl (C=O) groups is 1. The molecule has 1 heterocycles. The first kappa shape index (κ1) is 11.6. The van der Waals surface area contributed by atoms with Crippen LogP contribution >= 0.6 is 0 Å². The maximum atomic E-state index is 12.5. The van der Waals surface area contributed by atoms with Gasteiger partial charge in [0, 0.05) is 18.2 Å². The van der Waals surface area contributed by atoms with E-state index in [9.17, 15) is 9.18 Å². The van der Waals surface area contributed by atoms with Crippen molar-refractivity contribution < 1.29 is 9.18 Å². The van der Waals surface area contributed by atoms with Crippen LogP contribution in [-0.2, 0) is 11.3 Å². The van der Waals surface area contributed by atoms with Crippen molar-refractivity contribution in [1.82, 2.24) is 10.3 Å². The van der Waals surface area contributed by atoms with Crippen molar-refractivity contribution in [3.8, 4) is 0 Å². The molecular formula is C11H15FN2O. The highest BCUT2D eigenvalue weighted by molar-refractivity contribution is 5.81. The molecule has 0 bridgehead atoms. The number of aromatic nitrogens is 1. The van der Waals surface area contributed by atoms with E-state index in [1.807, 2.05) is 20.8 Å². The third-order valence-electron chi connectivity index (χ3n) is 1.92. The Bertz CT molecular complexity index is 341. The Kier molecular flexibility index (Phi) is 3.39. The van der Waals surface area contributed by atoms with E-state index < -0.39 is 11.4 Å². The Hall–Kier alpha value is -1.45. The first-order valence-corrected chi connectivity index (χ1v) is 4.78. The van der Waals surface area contributed by atoms with Gasteiger partial charge in [-0.2, -0.15) is 4.39 Å². The SMILES string of the molecule is CC(C)(C)C(=O)NCc1ccc(F)nc1. The van der Waals surface area contributed by atoms with Crippen LogP contribution in [0.5, 0.6) is 0 Å². The summed E-state index contributed by atoms with van der Waals surface area (Å²) in [6.07, 6.45) is 1.41. The smallest absolute Gasteiger partial charge is 0.225 e. The summed E-state index contributed by atoms with van der Waals surface area (Å²) in [5.74, 6) is -0.548. The van der Waals surface area contributed by atoms with E-state index in [1.165, 1.54) is 12.3 Å². The lowest BCUT2D eigenvalue weighted by Crippen LogP contribution is -2.34. The highest BCUT2D eigenvalue weighted by Gasteiger charge is 2.20. The molecule has 82 valence electrons. The zero-order valence-corrected chi connectivity index (χ0v) is 9.17. The minimum absolute atomic E-state index is 0.0353. The molecule has 1 aromatic heterocycles. The van der Waals surface area contributed by atoms with Gasteiger partial charge in [-0.05, 0) is 11.6 Å². The van der Waals surface area contributed by atoms with Gasteiger partial charge < -0.3 is 5.32 Å². The van der Waals surface area contributed by atoms with Gasteiger partial charge in [0.1, 0.15) is 0 Å². The summed E-state index contributed by atoms with van der Waals surface area (Å²) < 4.78 is 12.5. The van der Waals surface area contributed by atoms with Gasteiger partial charge in [-0.25, -0.2) is 4.98 Å². The van der Waals surface area contributed by atoms with Gasteiger partial charge >= 0.3 is 0 Å². The van der Waals surface area contributed by atoms with Crippen LogP contribution < -0.4 is 5.32 Å². The molecule has 0 aliphatic carbocycles. The summed E-state index contributed by atoms with van der Waals surface area (Å²) in [7, 11) is 0. The minimum Gasteiger partial charge on any atom is -0.352 e. The van der Waals surface area contributed by atoms with Crippen molar-refractivity contribution in [3.63, 3.8) is 0 Å². The van der Waals surface area contributed by atoms with Crippen LogP contribution in [0.15, 0.2) is 18.3 Å². The van der Waals surface area contributed by atoms with Gasteiger partial charge in [0.15, 0.2) is 0 Å². The van der Waals surface area contributed by atoms with E-state index in [1.54, 1.807) is 6.07 Å². The molecule has 1 rings (SSSR count). The number of carbonyl (C=O) groups excluding carboxylic acids is 1. The molecule has 15 heavy (non-hydrogen) atoms. The maximum absolute atomic E-state index is 12.5. The van der Waals surface area contributed by atoms with Crippen LogP contribution in [0.1, 0.15) is 26.3 Å². The molecule has 0 saturated carbocycles. The summed E-state index contributed by atoms with van der Waals surface area (Å²) >= 11 is 0. The highest BCUT2D eigenvalue weighted by atomic mass is 19.1. The average molecular weight is 210 g/mol. The van der Waals surface area contributed by atoms with Crippen LogP contribution in [0.2, 0.25) is 0 Å². The van der Waals surface area contributed by atoms with Gasteiger partial charge in [0.05, 0.1) is 0 Å². The molecular weight excluding hydrogens is 195 g/mol. The number of hydrogen-bond donors (Lipinski definition) is 1. The topological polar surface area (TPSA) is 42.0 Å². The van der Waals surface area contributed by atoms with Crippen molar-refractivity contribution in [2.24, 2.45) is 5.41 Å². The Morgan fingerprint density at radius 1 is 1.47 bits per heavy atom. The second kappa shape index (κ2) is 4.38. The molecule has 1 aromatic rings. The normalized spacial score (nSPS) is 11.2. The first-order chi connectivity index (χ1) is 6.89. The Balaban J connectivity index is 2.51. The number of rotatable bonds is 2. The first-order valence-electron chi connectivity index (χ1n) is 4.78. The third kappa shape index (κ3) is 3.65. The second-order valence-electron chi connectivity index (χ2n) is 4.42. The molecule has 1 N–H and O–H groups in total. The van der Waals surface area contributed by atoms with Crippen molar-refractivity contribution in [3.05, 3.63) is 29.8 Å². The summed E-state index contributed by atoms with van der Waals surface area (Å²) in [6.45, 7) is 5.89. The van der Waals surface area contributed by atoms with Crippen LogP contribution in [-0.4, -0.2) is 10.9 Å². The second-order valence-corrected chi connectivity index (χ2v) is 4.42. The van der Waals surface area contributed by atoms with Crippen LogP contribution in [0.4, 0.5) is 4.39 Å². The molecule has 0 atom stereocenters. The number of nitrogens with one attached hydrogen (secondary N) is 1. The van der Waals surface area contributed by atoms with E-state index in [2.05, 4.69) is 10.3 Å². The molecule has 0 saturated heterocycles. The summed E-state index contributed by atoms with van der Waals surface area (Å²) in [5, 5.41) is 2.76. The molecule has 0 radical (unpaired) electrons. The molecule has 0 fully saturated rings. The van der Waals surface area contributed by atoms with E-state index in [-0.39, 0.29) is 5.91 Å². The lowest BCUT2D eigenvalue weighted by Gasteiger charge is -2.17. The van der Waals surface area contributed by atoms with Crippen molar-refractivity contribution >= 4 is 5.91 Å². The predicted molar refractivity (Wildman–Crippen MR) is 55.5 cm³/mol. The molecule has 0 spiro atoms. The summed E-state index contributed by atoms with van der Waals surface area (Å²) in [5.41, 5.74) is 0.377. The molecule has 0 unspecified atom stereocenters. The fraction of sp³-hybridized carbons (Fsp3) is 0.455. The van der Waals surface area contributed by atoms with Crippen LogP contribution in [0.25, 0.3) is 0 Å². The van der Waals surface area contributed by atoms with E-state index >= 15 is 0 Å². The number of halogens is 1. The standard InChI is InChI=1S/C11H15FN2O/c1-11(2,3)10(15)14-7-8-4-5-9(12)13-6-8/h4-6H,7H2,1-3H3,(H,14,15). The number of pyridine rings is 1. The van der Waals surface area contributed by atoms with Crippen molar-refractivity contribution in [2.45, 2.75) is 27.3 Å². The van der Waals surface area contributed by atoms with E-state index in [0.29, 0.717) is 6.54 Å². The average Bonchev–Trinajstić information content (AvgIpc) is 2.15. The quantitative estimate of drug-likeness (QED) is 0.757. The maximum Gasteiger partial charge on any atom is 0.225 e. The molecule has 4 heteroatoms. The summed E-state index contributed by atoms with van der Waals surface area (Å²) in [4.78, 5) is 15.0. The monoisotopic (exact) mass is 210 g/mol. The largest absolute Gasteiger partial charge is 0.352 e. The molecule has 0 aliphatic heterocycles. The number of amides is 1. The lowest BCUT2D eigenvalue weighted by atomic mass is 9.96. The lowest BCUT2D eigenvalue weighted by molar-refractivity contribution is -0.128. The Labute approximate surface area is 88.7 Å². The van der Waals surface area contributed by atoms with Crippen molar-refractivity contribution in [2.75, 3.05) is 0 Å². The molecule has 1 amide bonds. The van der Waals surface area contributed by atoms with Gasteiger partial charge in [0.2, 0.25) is 11.9 Å². The van der Waals surface area contributed by atoms with E-state index in [4.69, 9.17) is 0 Å². The van der Waals surface area contributed by atoms with Gasteiger partial charge in [-0.3, -0.25) is 4.79 Å². The van der Waals surface area contributed by atoms with Crippen molar-refractivity contribution in [1.29, 1.82) is 0 Å². The highest BCUT2D eigenvalue weighted by Crippen LogP contribution is 2.12.